The molecule has 2 atom stereocenters. The van der Waals surface area contributed by atoms with E-state index in [9.17, 15) is 4.79 Å². The van der Waals surface area contributed by atoms with Gasteiger partial charge < -0.3 is 14.8 Å². The average molecular weight is 370 g/mol. The maximum atomic E-state index is 12.7. The predicted octanol–water partition coefficient (Wildman–Crippen LogP) is 4.96. The molecular weight excluding hydrogens is 338 g/mol. The van der Waals surface area contributed by atoms with Crippen LogP contribution in [0, 0.1) is 27.7 Å². The molecule has 0 unspecified atom stereocenters. The van der Waals surface area contributed by atoms with Crippen molar-refractivity contribution in [3.8, 4) is 11.5 Å². The quantitative estimate of drug-likeness (QED) is 0.750. The van der Waals surface area contributed by atoms with Crippen LogP contribution in [0.15, 0.2) is 30.3 Å². The zero-order valence-corrected chi connectivity index (χ0v) is 17.5. The Morgan fingerprint density at radius 2 is 1.74 bits per heavy atom. The molecule has 0 saturated heterocycles. The lowest BCUT2D eigenvalue weighted by Crippen LogP contribution is -2.38. The van der Waals surface area contributed by atoms with Crippen LogP contribution in [0.5, 0.6) is 11.5 Å². The van der Waals surface area contributed by atoms with Crippen LogP contribution in [0.3, 0.4) is 0 Å². The molecule has 27 heavy (non-hydrogen) atoms. The zero-order chi connectivity index (χ0) is 20.1. The van der Waals surface area contributed by atoms with Gasteiger partial charge in [0.25, 0.3) is 5.91 Å². The summed E-state index contributed by atoms with van der Waals surface area (Å²) in [5, 5.41) is 3.11. The molecule has 2 aromatic carbocycles. The van der Waals surface area contributed by atoms with E-state index in [0.29, 0.717) is 0 Å². The molecular formula is C23H31NO3. The van der Waals surface area contributed by atoms with Gasteiger partial charge in [-0.15, -0.1) is 0 Å². The Morgan fingerprint density at radius 3 is 2.33 bits per heavy atom. The van der Waals surface area contributed by atoms with E-state index in [1.54, 1.807) is 14.0 Å². The first kappa shape index (κ1) is 20.8. The molecule has 0 fully saturated rings. The van der Waals surface area contributed by atoms with Crippen LogP contribution in [0.2, 0.25) is 0 Å². The van der Waals surface area contributed by atoms with Crippen molar-refractivity contribution in [3.63, 3.8) is 0 Å². The Hall–Kier alpha value is -2.49. The van der Waals surface area contributed by atoms with Gasteiger partial charge in [-0.25, -0.2) is 0 Å². The largest absolute Gasteiger partial charge is 0.496 e. The highest BCUT2D eigenvalue weighted by molar-refractivity contribution is 5.81. The highest BCUT2D eigenvalue weighted by Crippen LogP contribution is 2.26. The summed E-state index contributed by atoms with van der Waals surface area (Å²) in [6, 6.07) is 10.0. The molecule has 1 N–H and O–H groups in total. The van der Waals surface area contributed by atoms with E-state index in [0.717, 1.165) is 45.7 Å². The van der Waals surface area contributed by atoms with E-state index in [1.165, 1.54) is 0 Å². The summed E-state index contributed by atoms with van der Waals surface area (Å²) in [6.45, 7) is 12.0. The normalized spacial score (nSPS) is 13.0. The van der Waals surface area contributed by atoms with E-state index in [-0.39, 0.29) is 11.9 Å². The standard InChI is InChI=1S/C23H31NO3/c1-8-20(19-9-10-21(26-7)16(4)13-19)24-23(25)18(6)27-22-12-14(2)11-15(3)17(22)5/h9-13,18,20H,8H2,1-7H3,(H,24,25)/t18-,20+/m1/s1. The van der Waals surface area contributed by atoms with Gasteiger partial charge in [-0.2, -0.15) is 0 Å². The van der Waals surface area contributed by atoms with Crippen LogP contribution in [0.1, 0.15) is 54.1 Å². The molecule has 0 aliphatic rings. The monoisotopic (exact) mass is 369 g/mol. The molecule has 0 bridgehead atoms. The third kappa shape index (κ3) is 5.03. The summed E-state index contributed by atoms with van der Waals surface area (Å²) in [5.41, 5.74) is 5.48. The van der Waals surface area contributed by atoms with E-state index in [4.69, 9.17) is 9.47 Å². The van der Waals surface area contributed by atoms with Crippen molar-refractivity contribution in [3.05, 3.63) is 58.1 Å². The van der Waals surface area contributed by atoms with Gasteiger partial charge in [0.05, 0.1) is 13.2 Å². The predicted molar refractivity (Wildman–Crippen MR) is 110 cm³/mol. The number of ether oxygens (including phenoxy) is 2. The third-order valence-electron chi connectivity index (χ3n) is 4.98. The summed E-state index contributed by atoms with van der Waals surface area (Å²) >= 11 is 0. The number of carbonyl (C=O) groups is 1. The van der Waals surface area contributed by atoms with Crippen LogP contribution in [-0.2, 0) is 4.79 Å². The van der Waals surface area contributed by atoms with Gasteiger partial charge in [0.15, 0.2) is 6.10 Å². The molecule has 146 valence electrons. The third-order valence-corrected chi connectivity index (χ3v) is 4.98. The van der Waals surface area contributed by atoms with Crippen LogP contribution < -0.4 is 14.8 Å². The minimum atomic E-state index is -0.571. The smallest absolute Gasteiger partial charge is 0.261 e. The van der Waals surface area contributed by atoms with Crippen LogP contribution >= 0.6 is 0 Å². The van der Waals surface area contributed by atoms with Gasteiger partial charge in [-0.1, -0.05) is 25.1 Å². The van der Waals surface area contributed by atoms with E-state index in [1.807, 2.05) is 39.0 Å². The lowest BCUT2D eigenvalue weighted by Gasteiger charge is -2.22. The van der Waals surface area contributed by atoms with Crippen LogP contribution in [0.25, 0.3) is 0 Å². The molecule has 0 saturated carbocycles. The second kappa shape index (κ2) is 8.94. The maximum absolute atomic E-state index is 12.7. The van der Waals surface area contributed by atoms with Crippen molar-refractivity contribution in [1.82, 2.24) is 5.32 Å². The summed E-state index contributed by atoms with van der Waals surface area (Å²) in [5.74, 6) is 1.50. The second-order valence-corrected chi connectivity index (χ2v) is 7.16. The maximum Gasteiger partial charge on any atom is 0.261 e. The SMILES string of the molecule is CC[C@H](NC(=O)[C@@H](C)Oc1cc(C)cc(C)c1C)c1ccc(OC)c(C)c1. The Morgan fingerprint density at radius 1 is 1.04 bits per heavy atom. The molecule has 0 aliphatic carbocycles. The molecule has 1 amide bonds. The first-order chi connectivity index (χ1) is 12.8. The number of amides is 1. The van der Waals surface area contributed by atoms with Crippen LogP contribution in [0.4, 0.5) is 0 Å². The van der Waals surface area contributed by atoms with Gasteiger partial charge in [0.1, 0.15) is 11.5 Å². The van der Waals surface area contributed by atoms with Gasteiger partial charge in [0, 0.05) is 0 Å². The number of nitrogens with one attached hydrogen (secondary N) is 1. The van der Waals surface area contributed by atoms with Crippen molar-refractivity contribution in [2.45, 2.75) is 60.1 Å². The number of hydrogen-bond donors (Lipinski definition) is 1. The van der Waals surface area contributed by atoms with Gasteiger partial charge in [0.2, 0.25) is 0 Å². The first-order valence-electron chi connectivity index (χ1n) is 9.46. The summed E-state index contributed by atoms with van der Waals surface area (Å²) in [7, 11) is 1.66. The molecule has 0 spiro atoms. The second-order valence-electron chi connectivity index (χ2n) is 7.16. The molecule has 2 rings (SSSR count). The van der Waals surface area contributed by atoms with Crippen molar-refractivity contribution < 1.29 is 14.3 Å². The van der Waals surface area contributed by atoms with Crippen molar-refractivity contribution in [2.24, 2.45) is 0 Å². The summed E-state index contributed by atoms with van der Waals surface area (Å²) in [6.07, 6.45) is 0.227. The highest BCUT2D eigenvalue weighted by Gasteiger charge is 2.21. The number of carbonyl (C=O) groups excluding carboxylic acids is 1. The average Bonchev–Trinajstić information content (AvgIpc) is 2.63. The van der Waals surface area contributed by atoms with Crippen LogP contribution in [-0.4, -0.2) is 19.1 Å². The van der Waals surface area contributed by atoms with E-state index in [2.05, 4.69) is 31.3 Å². The fourth-order valence-corrected chi connectivity index (χ4v) is 3.20. The summed E-state index contributed by atoms with van der Waals surface area (Å²) < 4.78 is 11.3. The molecule has 0 aliphatic heterocycles. The lowest BCUT2D eigenvalue weighted by molar-refractivity contribution is -0.128. The fraction of sp³-hybridized carbons (Fsp3) is 0.435. The summed E-state index contributed by atoms with van der Waals surface area (Å²) in [4.78, 5) is 12.7. The Balaban J connectivity index is 2.11. The first-order valence-corrected chi connectivity index (χ1v) is 9.46. The number of benzene rings is 2. The minimum Gasteiger partial charge on any atom is -0.496 e. The number of rotatable bonds is 7. The van der Waals surface area contributed by atoms with Gasteiger partial charge >= 0.3 is 0 Å². The topological polar surface area (TPSA) is 47.6 Å². The number of methoxy groups -OCH3 is 1. The molecule has 2 aromatic rings. The molecule has 0 heterocycles. The van der Waals surface area contributed by atoms with Crippen molar-refractivity contribution >= 4 is 5.91 Å². The number of aryl methyl sites for hydroxylation is 3. The zero-order valence-electron chi connectivity index (χ0n) is 17.5. The number of hydrogen-bond acceptors (Lipinski definition) is 3. The molecule has 4 heteroatoms. The Labute approximate surface area is 162 Å². The Bertz CT molecular complexity index is 814. The highest BCUT2D eigenvalue weighted by atomic mass is 16.5. The molecule has 4 nitrogen and oxygen atoms in total. The molecule has 0 radical (unpaired) electrons. The van der Waals surface area contributed by atoms with Crippen molar-refractivity contribution in [2.75, 3.05) is 7.11 Å². The van der Waals surface area contributed by atoms with Crippen molar-refractivity contribution in [1.29, 1.82) is 0 Å². The minimum absolute atomic E-state index is 0.0616. The molecule has 0 aromatic heterocycles. The lowest BCUT2D eigenvalue weighted by atomic mass is 10.0. The van der Waals surface area contributed by atoms with Gasteiger partial charge in [-0.3, -0.25) is 4.79 Å². The van der Waals surface area contributed by atoms with E-state index < -0.39 is 6.10 Å². The fourth-order valence-electron chi connectivity index (χ4n) is 3.20. The Kier molecular flexibility index (Phi) is 6.89. The van der Waals surface area contributed by atoms with E-state index >= 15 is 0 Å². The van der Waals surface area contributed by atoms with Gasteiger partial charge in [-0.05, 0) is 81.0 Å².